The van der Waals surface area contributed by atoms with E-state index in [-0.39, 0.29) is 10.8 Å². The van der Waals surface area contributed by atoms with Gasteiger partial charge in [-0.2, -0.15) is 5.26 Å². The number of rotatable bonds is 4. The summed E-state index contributed by atoms with van der Waals surface area (Å²) in [5, 5.41) is 10.8. The predicted octanol–water partition coefficient (Wildman–Crippen LogP) is 6.32. The van der Waals surface area contributed by atoms with Crippen molar-refractivity contribution in [3.05, 3.63) is 77.2 Å². The van der Waals surface area contributed by atoms with Crippen molar-refractivity contribution in [2.75, 3.05) is 0 Å². The molecule has 0 aliphatic heterocycles. The lowest BCUT2D eigenvalue weighted by Crippen LogP contribution is -2.17. The molecule has 1 aromatic heterocycles. The average Bonchev–Trinajstić information content (AvgIpc) is 2.72. The van der Waals surface area contributed by atoms with Gasteiger partial charge in [-0.1, -0.05) is 30.9 Å². The van der Waals surface area contributed by atoms with E-state index in [2.05, 4.69) is 21.6 Å². The molecule has 156 valence electrons. The van der Waals surface area contributed by atoms with Crippen molar-refractivity contribution in [3.8, 4) is 34.1 Å². The van der Waals surface area contributed by atoms with Gasteiger partial charge in [0, 0.05) is 40.7 Å². The third kappa shape index (κ3) is 6.00. The van der Waals surface area contributed by atoms with Crippen molar-refractivity contribution in [1.82, 2.24) is 4.98 Å². The minimum Gasteiger partial charge on any atom is -0.406 e. The second-order valence-electron chi connectivity index (χ2n) is 6.24. The normalized spacial score (nSPS) is 10.7. The third-order valence-corrected chi connectivity index (χ3v) is 4.73. The first-order valence-corrected chi connectivity index (χ1v) is 9.83. The number of nitriles is 1. The molecule has 3 rings (SSSR count). The van der Waals surface area contributed by atoms with E-state index in [0.717, 1.165) is 11.8 Å². The zero-order valence-electron chi connectivity index (χ0n) is 16.1. The van der Waals surface area contributed by atoms with Crippen molar-refractivity contribution in [3.63, 3.8) is 0 Å². The van der Waals surface area contributed by atoms with Crippen LogP contribution in [0.15, 0.2) is 59.8 Å². The predicted molar refractivity (Wildman–Crippen MR) is 110 cm³/mol. The second kappa shape index (κ2) is 9.55. The molecule has 3 aromatic rings. The summed E-state index contributed by atoms with van der Waals surface area (Å²) >= 11 is 0.779. The molecule has 2 aromatic carbocycles. The Morgan fingerprint density at radius 3 is 2.42 bits per heavy atom. The molecule has 0 fully saturated rings. The number of aryl methyl sites for hydroxylation is 1. The molecule has 3 nitrogen and oxygen atoms in total. The number of ether oxygens (including phenoxy) is 1. The molecule has 0 aliphatic rings. The Kier molecular flexibility index (Phi) is 6.84. The SMILES string of the molecule is CCc1cc(OC(F)(F)F)ccc1C#Cc1ccc(-c2cnc(SC#N)cc2F)cc1. The Labute approximate surface area is 180 Å². The highest BCUT2D eigenvalue weighted by Crippen LogP contribution is 2.26. The van der Waals surface area contributed by atoms with Crippen molar-refractivity contribution in [2.24, 2.45) is 0 Å². The summed E-state index contributed by atoms with van der Waals surface area (Å²) in [5.41, 5.74) is 2.80. The maximum atomic E-state index is 14.3. The molecule has 0 amide bonds. The van der Waals surface area contributed by atoms with Crippen LogP contribution in [0.2, 0.25) is 0 Å². The highest BCUT2D eigenvalue weighted by atomic mass is 32.2. The Morgan fingerprint density at radius 1 is 1.06 bits per heavy atom. The van der Waals surface area contributed by atoms with Crippen LogP contribution < -0.4 is 4.74 Å². The van der Waals surface area contributed by atoms with Gasteiger partial charge in [0.1, 0.15) is 22.0 Å². The molecule has 0 radical (unpaired) electrons. The topological polar surface area (TPSA) is 45.9 Å². The lowest BCUT2D eigenvalue weighted by atomic mass is 10.0. The molecule has 0 saturated carbocycles. The van der Waals surface area contributed by atoms with Crippen molar-refractivity contribution >= 4 is 11.8 Å². The Balaban J connectivity index is 1.81. The molecule has 31 heavy (non-hydrogen) atoms. The smallest absolute Gasteiger partial charge is 0.406 e. The number of halogens is 4. The Bertz CT molecular complexity index is 1190. The Hall–Kier alpha value is -3.49. The summed E-state index contributed by atoms with van der Waals surface area (Å²) in [7, 11) is 0. The van der Waals surface area contributed by atoms with Crippen LogP contribution in [0.5, 0.6) is 5.75 Å². The molecular formula is C23H14F4N2OS. The molecule has 0 aliphatic carbocycles. The van der Waals surface area contributed by atoms with Crippen LogP contribution in [-0.4, -0.2) is 11.3 Å². The second-order valence-corrected chi connectivity index (χ2v) is 7.05. The summed E-state index contributed by atoms with van der Waals surface area (Å²) in [6.45, 7) is 1.82. The van der Waals surface area contributed by atoms with Gasteiger partial charge in [-0.3, -0.25) is 0 Å². The first-order valence-electron chi connectivity index (χ1n) is 9.01. The average molecular weight is 442 g/mol. The first kappa shape index (κ1) is 22.2. The zero-order valence-corrected chi connectivity index (χ0v) is 16.9. The number of hydrogen-bond donors (Lipinski definition) is 0. The van der Waals surface area contributed by atoms with E-state index < -0.39 is 12.2 Å². The van der Waals surface area contributed by atoms with Crippen molar-refractivity contribution < 1.29 is 22.3 Å². The van der Waals surface area contributed by atoms with Gasteiger partial charge >= 0.3 is 6.36 Å². The molecule has 8 heteroatoms. The van der Waals surface area contributed by atoms with Crippen LogP contribution in [-0.2, 0) is 6.42 Å². The van der Waals surface area contributed by atoms with Crippen molar-refractivity contribution in [2.45, 2.75) is 24.7 Å². The molecule has 1 heterocycles. The summed E-state index contributed by atoms with van der Waals surface area (Å²) in [5.74, 6) is 5.15. The quantitative estimate of drug-likeness (QED) is 0.205. The van der Waals surface area contributed by atoms with Crippen LogP contribution in [0.3, 0.4) is 0 Å². The summed E-state index contributed by atoms with van der Waals surface area (Å²) in [6.07, 6.45) is -2.89. The van der Waals surface area contributed by atoms with Gasteiger partial charge in [0.25, 0.3) is 0 Å². The molecule has 0 saturated heterocycles. The summed E-state index contributed by atoms with van der Waals surface area (Å²) in [6, 6.07) is 12.1. The van der Waals surface area contributed by atoms with E-state index in [9.17, 15) is 17.6 Å². The van der Waals surface area contributed by atoms with E-state index in [1.807, 2.05) is 12.3 Å². The maximum Gasteiger partial charge on any atom is 0.573 e. The summed E-state index contributed by atoms with van der Waals surface area (Å²) < 4.78 is 55.4. The fourth-order valence-electron chi connectivity index (χ4n) is 2.78. The van der Waals surface area contributed by atoms with Gasteiger partial charge < -0.3 is 4.74 Å². The van der Waals surface area contributed by atoms with E-state index in [1.54, 1.807) is 24.3 Å². The van der Waals surface area contributed by atoms with Crippen LogP contribution in [0.4, 0.5) is 17.6 Å². The molecule has 0 atom stereocenters. The van der Waals surface area contributed by atoms with E-state index in [4.69, 9.17) is 5.26 Å². The minimum absolute atomic E-state index is 0.282. The lowest BCUT2D eigenvalue weighted by molar-refractivity contribution is -0.274. The highest BCUT2D eigenvalue weighted by Gasteiger charge is 2.31. The number of benzene rings is 2. The number of thioether (sulfide) groups is 1. The third-order valence-electron chi connectivity index (χ3n) is 4.21. The summed E-state index contributed by atoms with van der Waals surface area (Å²) in [4.78, 5) is 4.04. The maximum absolute atomic E-state index is 14.3. The van der Waals surface area contributed by atoms with Gasteiger partial charge in [0.15, 0.2) is 0 Å². The van der Waals surface area contributed by atoms with Crippen molar-refractivity contribution in [1.29, 1.82) is 5.26 Å². The minimum atomic E-state index is -4.75. The van der Waals surface area contributed by atoms with E-state index in [0.29, 0.717) is 34.2 Å². The number of thiocyanates is 1. The van der Waals surface area contributed by atoms with Gasteiger partial charge in [0.2, 0.25) is 0 Å². The fraction of sp³-hybridized carbons (Fsp3) is 0.130. The fourth-order valence-corrected chi connectivity index (χ4v) is 3.14. The number of alkyl halides is 3. The van der Waals surface area contributed by atoms with E-state index >= 15 is 0 Å². The number of hydrogen-bond acceptors (Lipinski definition) is 4. The Morgan fingerprint density at radius 2 is 1.81 bits per heavy atom. The van der Waals surface area contributed by atoms with Crippen LogP contribution in [0.1, 0.15) is 23.6 Å². The van der Waals surface area contributed by atoms with E-state index in [1.165, 1.54) is 30.5 Å². The van der Waals surface area contributed by atoms with Crippen LogP contribution >= 0.6 is 11.8 Å². The standard InChI is InChI=1S/C23H14F4N2OS/c1-2-16-11-19(30-23(25,26)27)10-9-17(16)6-3-15-4-7-18(8-5-15)20-13-29-22(31-14-28)12-21(20)24/h4-5,7-13H,2H2,1H3. The zero-order chi connectivity index (χ0) is 22.4. The van der Waals surface area contributed by atoms with Crippen LogP contribution in [0, 0.1) is 28.3 Å². The number of aromatic nitrogens is 1. The number of nitrogens with zero attached hydrogens (tertiary/aromatic N) is 2. The van der Waals surface area contributed by atoms with Gasteiger partial charge in [0.05, 0.1) is 0 Å². The monoisotopic (exact) mass is 442 g/mol. The van der Waals surface area contributed by atoms with Gasteiger partial charge in [-0.25, -0.2) is 9.37 Å². The molecular weight excluding hydrogens is 428 g/mol. The molecule has 0 N–H and O–H groups in total. The molecule has 0 bridgehead atoms. The molecule has 0 spiro atoms. The first-order chi connectivity index (χ1) is 14.8. The van der Waals surface area contributed by atoms with Crippen LogP contribution in [0.25, 0.3) is 11.1 Å². The largest absolute Gasteiger partial charge is 0.573 e. The number of pyridine rings is 1. The highest BCUT2D eigenvalue weighted by molar-refractivity contribution is 8.03. The van der Waals surface area contributed by atoms with Gasteiger partial charge in [-0.15, -0.1) is 13.2 Å². The molecule has 0 unspecified atom stereocenters. The van der Waals surface area contributed by atoms with Gasteiger partial charge in [-0.05, 0) is 47.9 Å². The lowest BCUT2D eigenvalue weighted by Gasteiger charge is -2.10.